The van der Waals surface area contributed by atoms with Crippen molar-refractivity contribution in [2.45, 2.75) is 25.8 Å². The number of benzene rings is 1. The highest BCUT2D eigenvalue weighted by Gasteiger charge is 2.32. The molecule has 0 N–H and O–H groups in total. The molecule has 1 aromatic rings. The van der Waals surface area contributed by atoms with Crippen LogP contribution in [0.25, 0.3) is 0 Å². The van der Waals surface area contributed by atoms with E-state index in [-0.39, 0.29) is 17.5 Å². The SMILES string of the molecule is CCN(C(=O)c1cc(Cl)ccc1F)C1CC1. The van der Waals surface area contributed by atoms with E-state index < -0.39 is 5.82 Å². The number of amides is 1. The maximum Gasteiger partial charge on any atom is 0.257 e. The Balaban J connectivity index is 2.28. The molecule has 1 saturated carbocycles. The van der Waals surface area contributed by atoms with Crippen LogP contribution >= 0.6 is 11.6 Å². The summed E-state index contributed by atoms with van der Waals surface area (Å²) in [5.74, 6) is -0.765. The van der Waals surface area contributed by atoms with Gasteiger partial charge in [0.05, 0.1) is 5.56 Å². The number of rotatable bonds is 3. The Labute approximate surface area is 99.0 Å². The van der Waals surface area contributed by atoms with Crippen LogP contribution in [0, 0.1) is 5.82 Å². The molecule has 1 aromatic carbocycles. The van der Waals surface area contributed by atoms with Crippen LogP contribution in [0.15, 0.2) is 18.2 Å². The van der Waals surface area contributed by atoms with E-state index in [0.717, 1.165) is 12.8 Å². The minimum absolute atomic E-state index is 0.0706. The van der Waals surface area contributed by atoms with E-state index >= 15 is 0 Å². The number of carbonyl (C=O) groups is 1. The van der Waals surface area contributed by atoms with Gasteiger partial charge in [0.15, 0.2) is 0 Å². The third-order valence-corrected chi connectivity index (χ3v) is 2.98. The van der Waals surface area contributed by atoms with Crippen molar-refractivity contribution in [2.75, 3.05) is 6.54 Å². The molecule has 86 valence electrons. The molecule has 1 fully saturated rings. The molecule has 2 rings (SSSR count). The lowest BCUT2D eigenvalue weighted by atomic mass is 10.2. The highest BCUT2D eigenvalue weighted by Crippen LogP contribution is 2.28. The molecule has 0 radical (unpaired) electrons. The molecule has 0 saturated heterocycles. The van der Waals surface area contributed by atoms with Gasteiger partial charge in [0.25, 0.3) is 5.91 Å². The van der Waals surface area contributed by atoms with Gasteiger partial charge in [0.2, 0.25) is 0 Å². The van der Waals surface area contributed by atoms with Gasteiger partial charge in [-0.2, -0.15) is 0 Å². The average molecular weight is 242 g/mol. The number of hydrogen-bond donors (Lipinski definition) is 0. The predicted octanol–water partition coefficient (Wildman–Crippen LogP) is 3.10. The molecule has 0 bridgehead atoms. The second-order valence-corrected chi connectivity index (χ2v) is 4.38. The molecule has 1 amide bonds. The maximum atomic E-state index is 13.5. The summed E-state index contributed by atoms with van der Waals surface area (Å²) in [6, 6.07) is 4.36. The number of halogens is 2. The molecule has 0 unspecified atom stereocenters. The molecule has 0 aromatic heterocycles. The quantitative estimate of drug-likeness (QED) is 0.796. The van der Waals surface area contributed by atoms with E-state index in [9.17, 15) is 9.18 Å². The third kappa shape index (κ3) is 2.19. The average Bonchev–Trinajstić information content (AvgIpc) is 3.07. The van der Waals surface area contributed by atoms with E-state index in [0.29, 0.717) is 11.6 Å². The van der Waals surface area contributed by atoms with Crippen molar-refractivity contribution in [3.05, 3.63) is 34.6 Å². The van der Waals surface area contributed by atoms with Gasteiger partial charge in [-0.1, -0.05) is 11.6 Å². The fourth-order valence-corrected chi connectivity index (χ4v) is 1.94. The highest BCUT2D eigenvalue weighted by molar-refractivity contribution is 6.31. The van der Waals surface area contributed by atoms with Crippen molar-refractivity contribution in [3.8, 4) is 0 Å². The Kier molecular flexibility index (Phi) is 3.15. The summed E-state index contributed by atoms with van der Waals surface area (Å²) in [5, 5.41) is 0.386. The van der Waals surface area contributed by atoms with Crippen LogP contribution in [0.4, 0.5) is 4.39 Å². The van der Waals surface area contributed by atoms with Gasteiger partial charge >= 0.3 is 0 Å². The monoisotopic (exact) mass is 241 g/mol. The minimum Gasteiger partial charge on any atom is -0.336 e. The zero-order chi connectivity index (χ0) is 11.7. The Morgan fingerprint density at radius 2 is 2.25 bits per heavy atom. The van der Waals surface area contributed by atoms with Crippen molar-refractivity contribution in [2.24, 2.45) is 0 Å². The second kappa shape index (κ2) is 4.42. The van der Waals surface area contributed by atoms with E-state index in [1.54, 1.807) is 4.90 Å². The lowest BCUT2D eigenvalue weighted by Crippen LogP contribution is -2.33. The molecule has 0 heterocycles. The topological polar surface area (TPSA) is 20.3 Å². The predicted molar refractivity (Wildman–Crippen MR) is 61.1 cm³/mol. The Bertz CT molecular complexity index is 417. The summed E-state index contributed by atoms with van der Waals surface area (Å²) < 4.78 is 13.5. The number of hydrogen-bond acceptors (Lipinski definition) is 1. The highest BCUT2D eigenvalue weighted by atomic mass is 35.5. The van der Waals surface area contributed by atoms with Crippen molar-refractivity contribution >= 4 is 17.5 Å². The minimum atomic E-state index is -0.506. The zero-order valence-corrected chi connectivity index (χ0v) is 9.80. The van der Waals surface area contributed by atoms with Crippen LogP contribution in [-0.2, 0) is 0 Å². The third-order valence-electron chi connectivity index (χ3n) is 2.75. The zero-order valence-electron chi connectivity index (χ0n) is 9.04. The Morgan fingerprint density at radius 1 is 1.56 bits per heavy atom. The van der Waals surface area contributed by atoms with Crippen LogP contribution in [0.1, 0.15) is 30.1 Å². The first kappa shape index (κ1) is 11.4. The van der Waals surface area contributed by atoms with Gasteiger partial charge in [-0.3, -0.25) is 4.79 Å². The van der Waals surface area contributed by atoms with Gasteiger partial charge in [-0.15, -0.1) is 0 Å². The first-order chi connectivity index (χ1) is 7.63. The molecule has 0 aliphatic heterocycles. The van der Waals surface area contributed by atoms with Gasteiger partial charge < -0.3 is 4.90 Å². The van der Waals surface area contributed by atoms with Crippen LogP contribution < -0.4 is 0 Å². The Morgan fingerprint density at radius 3 is 2.81 bits per heavy atom. The molecule has 1 aliphatic carbocycles. The van der Waals surface area contributed by atoms with E-state index in [1.807, 2.05) is 6.92 Å². The molecule has 1 aliphatic rings. The molecule has 2 nitrogen and oxygen atoms in total. The summed E-state index contributed by atoms with van der Waals surface area (Å²) in [4.78, 5) is 13.8. The molecule has 0 spiro atoms. The lowest BCUT2D eigenvalue weighted by Gasteiger charge is -2.20. The van der Waals surface area contributed by atoms with E-state index in [1.165, 1.54) is 18.2 Å². The maximum absolute atomic E-state index is 13.5. The standard InChI is InChI=1S/C12H13ClFNO/c1-2-15(9-4-5-9)12(16)10-7-8(13)3-6-11(10)14/h3,6-7,9H,2,4-5H2,1H3. The smallest absolute Gasteiger partial charge is 0.257 e. The second-order valence-electron chi connectivity index (χ2n) is 3.95. The lowest BCUT2D eigenvalue weighted by molar-refractivity contribution is 0.0748. The molecule has 4 heteroatoms. The first-order valence-corrected chi connectivity index (χ1v) is 5.77. The van der Waals surface area contributed by atoms with Gasteiger partial charge in [0, 0.05) is 17.6 Å². The summed E-state index contributed by atoms with van der Waals surface area (Å²) in [5.41, 5.74) is 0.0706. The summed E-state index contributed by atoms with van der Waals surface area (Å²) >= 11 is 5.77. The summed E-state index contributed by atoms with van der Waals surface area (Å²) in [6.45, 7) is 2.51. The van der Waals surface area contributed by atoms with Gasteiger partial charge in [0.1, 0.15) is 5.82 Å². The van der Waals surface area contributed by atoms with Crippen molar-refractivity contribution in [1.29, 1.82) is 0 Å². The molecular formula is C12H13ClFNO. The van der Waals surface area contributed by atoms with Crippen LogP contribution in [-0.4, -0.2) is 23.4 Å². The van der Waals surface area contributed by atoms with E-state index in [4.69, 9.17) is 11.6 Å². The fourth-order valence-electron chi connectivity index (χ4n) is 1.77. The van der Waals surface area contributed by atoms with Crippen molar-refractivity contribution in [3.63, 3.8) is 0 Å². The fraction of sp³-hybridized carbons (Fsp3) is 0.417. The normalized spacial score (nSPS) is 14.9. The number of nitrogens with zero attached hydrogens (tertiary/aromatic N) is 1. The molecule has 16 heavy (non-hydrogen) atoms. The van der Waals surface area contributed by atoms with Gasteiger partial charge in [-0.05, 0) is 38.0 Å². The number of carbonyl (C=O) groups excluding carboxylic acids is 1. The Hall–Kier alpha value is -1.09. The molecule has 0 atom stereocenters. The van der Waals surface area contributed by atoms with Crippen LogP contribution in [0.2, 0.25) is 5.02 Å². The van der Waals surface area contributed by atoms with Crippen molar-refractivity contribution in [1.82, 2.24) is 4.90 Å². The first-order valence-electron chi connectivity index (χ1n) is 5.39. The van der Waals surface area contributed by atoms with Crippen LogP contribution in [0.3, 0.4) is 0 Å². The molecular weight excluding hydrogens is 229 g/mol. The largest absolute Gasteiger partial charge is 0.336 e. The van der Waals surface area contributed by atoms with Gasteiger partial charge in [-0.25, -0.2) is 4.39 Å². The van der Waals surface area contributed by atoms with Crippen molar-refractivity contribution < 1.29 is 9.18 Å². The summed E-state index contributed by atoms with van der Waals surface area (Å²) in [6.07, 6.45) is 2.03. The van der Waals surface area contributed by atoms with E-state index in [2.05, 4.69) is 0 Å². The summed E-state index contributed by atoms with van der Waals surface area (Å²) in [7, 11) is 0. The van der Waals surface area contributed by atoms with Crippen LogP contribution in [0.5, 0.6) is 0 Å².